The van der Waals surface area contributed by atoms with Gasteiger partial charge in [0.2, 0.25) is 0 Å². The number of fused-ring (bicyclic) bond motifs is 5. The number of allylic oxidation sites excluding steroid dienone is 1. The maximum Gasteiger partial charge on any atom is 0.164 e. The van der Waals surface area contributed by atoms with Gasteiger partial charge in [-0.2, -0.15) is 0 Å². The van der Waals surface area contributed by atoms with Gasteiger partial charge in [0.25, 0.3) is 0 Å². The molecule has 3 nitrogen and oxygen atoms in total. The van der Waals surface area contributed by atoms with E-state index in [4.69, 9.17) is 0 Å². The first-order valence-electron chi connectivity index (χ1n) is 8.95. The van der Waals surface area contributed by atoms with E-state index in [0.717, 1.165) is 44.9 Å². The lowest BCUT2D eigenvalue weighted by molar-refractivity contribution is -0.188. The molecule has 0 amide bonds. The zero-order valence-corrected chi connectivity index (χ0v) is 13.7. The van der Waals surface area contributed by atoms with Crippen LogP contribution in [-0.2, 0) is 4.79 Å². The van der Waals surface area contributed by atoms with Crippen molar-refractivity contribution in [1.29, 1.82) is 0 Å². The van der Waals surface area contributed by atoms with Crippen molar-refractivity contribution in [3.63, 3.8) is 0 Å². The molecule has 3 fully saturated rings. The minimum atomic E-state index is -0.947. The molecule has 0 radical (unpaired) electrons. The van der Waals surface area contributed by atoms with Crippen LogP contribution in [0.4, 0.5) is 0 Å². The van der Waals surface area contributed by atoms with Crippen molar-refractivity contribution in [2.24, 2.45) is 28.6 Å². The number of carbonyl (C=O) groups excluding carboxylic acids is 1. The molecule has 0 aromatic rings. The monoisotopic (exact) mass is 304 g/mol. The molecule has 4 aliphatic carbocycles. The van der Waals surface area contributed by atoms with E-state index in [-0.39, 0.29) is 23.2 Å². The molecule has 0 aromatic carbocycles. The van der Waals surface area contributed by atoms with Crippen LogP contribution in [0.3, 0.4) is 0 Å². The van der Waals surface area contributed by atoms with Crippen LogP contribution in [-0.4, -0.2) is 27.7 Å². The standard InChI is InChI=1S/C19H28O3/c1-17-8-5-13(20)11-12(17)3-4-15-14(17)6-9-18(2)16(21)7-10-19(15,18)22/h7,10,12-15,20,22H,3-6,8-9,11H2,1-2H3/t12-,13+,14+,15-,17+,18-,19-/m1/s1. The summed E-state index contributed by atoms with van der Waals surface area (Å²) in [5.74, 6) is 1.36. The Balaban J connectivity index is 1.71. The second-order valence-electron chi connectivity index (χ2n) is 8.81. The molecule has 2 N–H and O–H groups in total. The zero-order valence-electron chi connectivity index (χ0n) is 13.7. The van der Waals surface area contributed by atoms with Crippen LogP contribution < -0.4 is 0 Å². The lowest BCUT2D eigenvalue weighted by atomic mass is 9.44. The van der Waals surface area contributed by atoms with E-state index in [1.807, 2.05) is 13.0 Å². The highest BCUT2D eigenvalue weighted by Crippen LogP contribution is 2.65. The number of hydrogen-bond acceptors (Lipinski definition) is 3. The quantitative estimate of drug-likeness (QED) is 0.723. The first-order valence-corrected chi connectivity index (χ1v) is 8.95. The molecule has 4 aliphatic rings. The van der Waals surface area contributed by atoms with Crippen molar-refractivity contribution >= 4 is 5.78 Å². The summed E-state index contributed by atoms with van der Waals surface area (Å²) in [5.41, 5.74) is -1.33. The van der Waals surface area contributed by atoms with Gasteiger partial charge in [-0.05, 0) is 87.2 Å². The van der Waals surface area contributed by atoms with Gasteiger partial charge in [-0.15, -0.1) is 0 Å². The molecule has 0 saturated heterocycles. The summed E-state index contributed by atoms with van der Waals surface area (Å²) in [6.07, 6.45) is 10.1. The van der Waals surface area contributed by atoms with Crippen LogP contribution in [0, 0.1) is 28.6 Å². The van der Waals surface area contributed by atoms with Crippen LogP contribution in [0.15, 0.2) is 12.2 Å². The molecule has 0 unspecified atom stereocenters. The Kier molecular flexibility index (Phi) is 3.01. The molecule has 7 atom stereocenters. The number of aliphatic hydroxyl groups excluding tert-OH is 1. The van der Waals surface area contributed by atoms with Gasteiger partial charge in [0.05, 0.1) is 17.1 Å². The number of carbonyl (C=O) groups is 1. The highest BCUT2D eigenvalue weighted by Gasteiger charge is 2.65. The van der Waals surface area contributed by atoms with Crippen molar-refractivity contribution < 1.29 is 15.0 Å². The smallest absolute Gasteiger partial charge is 0.164 e. The third-order valence-electron chi connectivity index (χ3n) is 8.10. The molecule has 3 heteroatoms. The van der Waals surface area contributed by atoms with E-state index >= 15 is 0 Å². The van der Waals surface area contributed by atoms with E-state index in [1.165, 1.54) is 0 Å². The molecule has 0 aromatic heterocycles. The molecule has 4 rings (SSSR count). The average Bonchev–Trinajstić information content (AvgIpc) is 2.72. The fourth-order valence-electron chi connectivity index (χ4n) is 6.50. The summed E-state index contributed by atoms with van der Waals surface area (Å²) < 4.78 is 0. The first kappa shape index (κ1) is 14.9. The van der Waals surface area contributed by atoms with Gasteiger partial charge >= 0.3 is 0 Å². The first-order chi connectivity index (χ1) is 10.3. The summed E-state index contributed by atoms with van der Waals surface area (Å²) in [4.78, 5) is 12.3. The van der Waals surface area contributed by atoms with E-state index in [2.05, 4.69) is 6.92 Å². The minimum absolute atomic E-state index is 0.111. The van der Waals surface area contributed by atoms with Crippen LogP contribution in [0.1, 0.15) is 58.8 Å². The summed E-state index contributed by atoms with van der Waals surface area (Å²) in [5, 5.41) is 21.5. The third kappa shape index (κ3) is 1.62. The Bertz CT molecular complexity index is 541. The maximum atomic E-state index is 12.3. The summed E-state index contributed by atoms with van der Waals surface area (Å²) >= 11 is 0. The molecule has 0 aliphatic heterocycles. The Morgan fingerprint density at radius 2 is 1.86 bits per heavy atom. The van der Waals surface area contributed by atoms with Crippen LogP contribution >= 0.6 is 0 Å². The number of aliphatic hydroxyl groups is 2. The normalized spacial score (nSPS) is 57.2. The maximum absolute atomic E-state index is 12.3. The molecule has 0 spiro atoms. The predicted molar refractivity (Wildman–Crippen MR) is 84.1 cm³/mol. The Hall–Kier alpha value is -0.670. The molecule has 122 valence electrons. The van der Waals surface area contributed by atoms with E-state index < -0.39 is 11.0 Å². The number of hydrogen-bond donors (Lipinski definition) is 2. The summed E-state index contributed by atoms with van der Waals surface area (Å²) in [6.45, 7) is 4.34. The Labute approximate surface area is 132 Å². The van der Waals surface area contributed by atoms with Crippen LogP contribution in [0.5, 0.6) is 0 Å². The van der Waals surface area contributed by atoms with E-state index in [0.29, 0.717) is 11.8 Å². The molecule has 22 heavy (non-hydrogen) atoms. The topological polar surface area (TPSA) is 57.5 Å². The second-order valence-corrected chi connectivity index (χ2v) is 8.81. The van der Waals surface area contributed by atoms with Gasteiger partial charge in [0.1, 0.15) is 0 Å². The lowest BCUT2D eigenvalue weighted by Gasteiger charge is -2.62. The van der Waals surface area contributed by atoms with Gasteiger partial charge in [-0.3, -0.25) is 4.79 Å². The van der Waals surface area contributed by atoms with Crippen molar-refractivity contribution in [2.45, 2.75) is 70.5 Å². The Morgan fingerprint density at radius 3 is 2.64 bits per heavy atom. The van der Waals surface area contributed by atoms with Gasteiger partial charge < -0.3 is 10.2 Å². The van der Waals surface area contributed by atoms with Gasteiger partial charge in [-0.25, -0.2) is 0 Å². The SMILES string of the molecule is C[C@]12CC[C@H](O)C[C@H]1CC[C@@H]1[C@@H]2CC[C@]2(C)C(=O)C=C[C@@]12O. The minimum Gasteiger partial charge on any atom is -0.393 e. The van der Waals surface area contributed by atoms with Crippen LogP contribution in [0.2, 0.25) is 0 Å². The molecule has 3 saturated carbocycles. The summed E-state index contributed by atoms with van der Waals surface area (Å²) in [6, 6.07) is 0. The third-order valence-corrected chi connectivity index (χ3v) is 8.10. The molecular formula is C19H28O3. The van der Waals surface area contributed by atoms with Crippen molar-refractivity contribution in [3.05, 3.63) is 12.2 Å². The highest BCUT2D eigenvalue weighted by atomic mass is 16.3. The van der Waals surface area contributed by atoms with Gasteiger partial charge in [0.15, 0.2) is 5.78 Å². The lowest BCUT2D eigenvalue weighted by Crippen LogP contribution is -2.62. The Morgan fingerprint density at radius 1 is 1.09 bits per heavy atom. The largest absolute Gasteiger partial charge is 0.393 e. The van der Waals surface area contributed by atoms with Crippen molar-refractivity contribution in [2.75, 3.05) is 0 Å². The average molecular weight is 304 g/mol. The molecule has 0 heterocycles. The number of rotatable bonds is 0. The fraction of sp³-hybridized carbons (Fsp3) is 0.842. The van der Waals surface area contributed by atoms with Gasteiger partial charge in [-0.1, -0.05) is 6.92 Å². The fourth-order valence-corrected chi connectivity index (χ4v) is 6.50. The van der Waals surface area contributed by atoms with Gasteiger partial charge in [0, 0.05) is 0 Å². The van der Waals surface area contributed by atoms with Crippen molar-refractivity contribution in [1.82, 2.24) is 0 Å². The molecule has 0 bridgehead atoms. The molecular weight excluding hydrogens is 276 g/mol. The summed E-state index contributed by atoms with van der Waals surface area (Å²) in [7, 11) is 0. The van der Waals surface area contributed by atoms with E-state index in [1.54, 1.807) is 6.08 Å². The predicted octanol–water partition coefficient (Wildman–Crippen LogP) is 2.85. The van der Waals surface area contributed by atoms with Crippen LogP contribution in [0.25, 0.3) is 0 Å². The number of ketones is 1. The van der Waals surface area contributed by atoms with Crippen molar-refractivity contribution in [3.8, 4) is 0 Å². The zero-order chi connectivity index (χ0) is 15.8. The second kappa shape index (κ2) is 4.45. The van der Waals surface area contributed by atoms with E-state index in [9.17, 15) is 15.0 Å². The highest BCUT2D eigenvalue weighted by molar-refractivity contribution is 5.99.